The maximum atomic E-state index is 13.3. The van der Waals surface area contributed by atoms with Crippen LogP contribution in [0, 0.1) is 5.82 Å². The number of aromatic amines is 1. The number of ether oxygens (including phenoxy) is 1. The molecule has 1 aromatic heterocycles. The van der Waals surface area contributed by atoms with E-state index in [1.165, 1.54) is 6.20 Å². The van der Waals surface area contributed by atoms with E-state index >= 15 is 0 Å². The van der Waals surface area contributed by atoms with Crippen LogP contribution in [0.4, 0.5) is 4.39 Å². The molecule has 5 nitrogen and oxygen atoms in total. The molecule has 0 aliphatic heterocycles. The van der Waals surface area contributed by atoms with E-state index < -0.39 is 22.8 Å². The van der Waals surface area contributed by atoms with E-state index in [1.54, 1.807) is 0 Å². The van der Waals surface area contributed by atoms with Crippen LogP contribution in [0.2, 0.25) is 0 Å². The van der Waals surface area contributed by atoms with Crippen LogP contribution < -0.4 is 4.74 Å². The molecule has 0 amide bonds. The minimum absolute atomic E-state index is 0.0775. The SMILES string of the molecule is CC(=O)Oc1cc(F)cc2[nH]cc(C(=O)C(=O)Cl)c12. The number of H-pyrrole nitrogens is 1. The fourth-order valence-electron chi connectivity index (χ4n) is 1.72. The summed E-state index contributed by atoms with van der Waals surface area (Å²) in [6.45, 7) is 1.14. The van der Waals surface area contributed by atoms with Gasteiger partial charge in [-0.05, 0) is 17.7 Å². The predicted octanol–water partition coefficient (Wildman–Crippen LogP) is 2.18. The van der Waals surface area contributed by atoms with Gasteiger partial charge in [0.25, 0.3) is 5.24 Å². The number of esters is 1. The van der Waals surface area contributed by atoms with Crippen molar-refractivity contribution in [2.45, 2.75) is 6.92 Å². The van der Waals surface area contributed by atoms with Gasteiger partial charge in [0.05, 0.1) is 16.5 Å². The van der Waals surface area contributed by atoms with E-state index in [0.717, 1.165) is 19.1 Å². The van der Waals surface area contributed by atoms with Gasteiger partial charge in [-0.1, -0.05) is 0 Å². The molecule has 0 saturated heterocycles. The molecule has 1 heterocycles. The van der Waals surface area contributed by atoms with E-state index in [9.17, 15) is 18.8 Å². The molecule has 19 heavy (non-hydrogen) atoms. The number of hydrogen-bond donors (Lipinski definition) is 1. The molecular formula is C12H7ClFNO4. The van der Waals surface area contributed by atoms with Crippen LogP contribution in [0.5, 0.6) is 5.75 Å². The maximum absolute atomic E-state index is 13.3. The summed E-state index contributed by atoms with van der Waals surface area (Å²) in [4.78, 5) is 36.1. The van der Waals surface area contributed by atoms with Crippen LogP contribution in [0.25, 0.3) is 10.9 Å². The van der Waals surface area contributed by atoms with Gasteiger partial charge in [-0.15, -0.1) is 0 Å². The Balaban J connectivity index is 2.71. The van der Waals surface area contributed by atoms with Gasteiger partial charge in [0, 0.05) is 19.2 Å². The monoisotopic (exact) mass is 283 g/mol. The number of ketones is 1. The van der Waals surface area contributed by atoms with Gasteiger partial charge >= 0.3 is 5.97 Å². The Morgan fingerprint density at radius 2 is 2.00 bits per heavy atom. The molecule has 0 unspecified atom stereocenters. The molecule has 0 bridgehead atoms. The summed E-state index contributed by atoms with van der Waals surface area (Å²) in [5.41, 5.74) is 0.142. The molecule has 0 aliphatic rings. The minimum atomic E-state index is -1.18. The van der Waals surface area contributed by atoms with Crippen molar-refractivity contribution in [3.8, 4) is 5.75 Å². The average Bonchev–Trinajstić information content (AvgIpc) is 2.70. The molecule has 7 heteroatoms. The Labute approximate surface area is 111 Å². The second-order valence-corrected chi connectivity index (χ2v) is 4.07. The summed E-state index contributed by atoms with van der Waals surface area (Å²) < 4.78 is 18.2. The zero-order valence-corrected chi connectivity index (χ0v) is 10.4. The molecule has 1 N–H and O–H groups in total. The average molecular weight is 284 g/mol. The van der Waals surface area contributed by atoms with Gasteiger partial charge in [-0.25, -0.2) is 4.39 Å². The molecule has 0 atom stereocenters. The smallest absolute Gasteiger partial charge is 0.308 e. The zero-order valence-electron chi connectivity index (χ0n) is 9.62. The summed E-state index contributed by atoms with van der Waals surface area (Å²) in [6.07, 6.45) is 1.21. The first kappa shape index (κ1) is 13.2. The van der Waals surface area contributed by atoms with Crippen LogP contribution in [-0.2, 0) is 9.59 Å². The third kappa shape index (κ3) is 2.48. The van der Waals surface area contributed by atoms with Gasteiger partial charge < -0.3 is 9.72 Å². The van der Waals surface area contributed by atoms with Crippen molar-refractivity contribution in [1.29, 1.82) is 0 Å². The van der Waals surface area contributed by atoms with E-state index in [0.29, 0.717) is 0 Å². The van der Waals surface area contributed by atoms with E-state index in [2.05, 4.69) is 4.98 Å². The van der Waals surface area contributed by atoms with Crippen molar-refractivity contribution >= 4 is 39.5 Å². The van der Waals surface area contributed by atoms with Crippen LogP contribution in [0.1, 0.15) is 17.3 Å². The quantitative estimate of drug-likeness (QED) is 0.308. The highest BCUT2D eigenvalue weighted by Gasteiger charge is 2.22. The molecule has 0 fully saturated rings. The second-order valence-electron chi connectivity index (χ2n) is 3.73. The topological polar surface area (TPSA) is 76.2 Å². The van der Waals surface area contributed by atoms with Crippen LogP contribution in [-0.4, -0.2) is 22.0 Å². The summed E-state index contributed by atoms with van der Waals surface area (Å²) in [5, 5.41) is -1.05. The number of aromatic nitrogens is 1. The first-order valence-corrected chi connectivity index (χ1v) is 5.51. The van der Waals surface area contributed by atoms with Crippen molar-refractivity contribution in [2.75, 3.05) is 0 Å². The maximum Gasteiger partial charge on any atom is 0.308 e. The third-order valence-corrected chi connectivity index (χ3v) is 2.56. The molecule has 98 valence electrons. The van der Waals surface area contributed by atoms with E-state index in [4.69, 9.17) is 16.3 Å². The summed E-state index contributed by atoms with van der Waals surface area (Å²) in [5.74, 6) is -2.44. The molecule has 1 aromatic carbocycles. The zero-order chi connectivity index (χ0) is 14.2. The summed E-state index contributed by atoms with van der Waals surface area (Å²) in [6, 6.07) is 2.06. The second kappa shape index (κ2) is 4.81. The van der Waals surface area contributed by atoms with Crippen LogP contribution in [0.15, 0.2) is 18.3 Å². The largest absolute Gasteiger partial charge is 0.426 e. The fourth-order valence-corrected chi connectivity index (χ4v) is 1.82. The Bertz CT molecular complexity index is 707. The number of carbonyl (C=O) groups is 3. The fraction of sp³-hybridized carbons (Fsp3) is 0.0833. The number of carbonyl (C=O) groups excluding carboxylic acids is 3. The minimum Gasteiger partial charge on any atom is -0.426 e. The number of nitrogens with one attached hydrogen (secondary N) is 1. The molecule has 0 spiro atoms. The molecular weight excluding hydrogens is 277 g/mol. The number of hydrogen-bond acceptors (Lipinski definition) is 4. The Morgan fingerprint density at radius 3 is 2.58 bits per heavy atom. The highest BCUT2D eigenvalue weighted by atomic mass is 35.5. The van der Waals surface area contributed by atoms with Gasteiger partial charge in [-0.2, -0.15) is 0 Å². The van der Waals surface area contributed by atoms with E-state index in [-0.39, 0.29) is 22.2 Å². The Hall–Kier alpha value is -2.21. The van der Waals surface area contributed by atoms with Gasteiger partial charge in [0.1, 0.15) is 11.6 Å². The number of benzene rings is 1. The Morgan fingerprint density at radius 1 is 1.32 bits per heavy atom. The van der Waals surface area contributed by atoms with Crippen LogP contribution >= 0.6 is 11.6 Å². The lowest BCUT2D eigenvalue weighted by atomic mass is 10.1. The van der Waals surface area contributed by atoms with E-state index in [1.807, 2.05) is 0 Å². The molecule has 2 aromatic rings. The highest BCUT2D eigenvalue weighted by molar-refractivity contribution is 6.83. The normalized spacial score (nSPS) is 10.5. The van der Waals surface area contributed by atoms with Crippen molar-refractivity contribution in [1.82, 2.24) is 4.98 Å². The summed E-state index contributed by atoms with van der Waals surface area (Å²) in [7, 11) is 0. The molecule has 0 saturated carbocycles. The van der Waals surface area contributed by atoms with Crippen molar-refractivity contribution < 1.29 is 23.5 Å². The van der Waals surface area contributed by atoms with Gasteiger partial charge in [0.2, 0.25) is 5.78 Å². The predicted molar refractivity (Wildman–Crippen MR) is 64.8 cm³/mol. The third-order valence-electron chi connectivity index (χ3n) is 2.39. The first-order chi connectivity index (χ1) is 8.90. The van der Waals surface area contributed by atoms with Gasteiger partial charge in [-0.3, -0.25) is 14.4 Å². The molecule has 2 rings (SSSR count). The van der Waals surface area contributed by atoms with Crippen LogP contribution in [0.3, 0.4) is 0 Å². The number of halogens is 2. The lowest BCUT2D eigenvalue weighted by molar-refractivity contribution is -0.131. The Kier molecular flexibility index (Phi) is 3.35. The summed E-state index contributed by atoms with van der Waals surface area (Å²) >= 11 is 5.13. The highest BCUT2D eigenvalue weighted by Crippen LogP contribution is 2.31. The lowest BCUT2D eigenvalue weighted by Crippen LogP contribution is -2.08. The standard InChI is InChI=1S/C12H7ClFNO4/c1-5(16)19-9-3-6(14)2-8-10(9)7(4-15-8)11(17)12(13)18/h2-4,15H,1H3. The molecule has 0 radical (unpaired) electrons. The number of fused-ring (bicyclic) bond motifs is 1. The lowest BCUT2D eigenvalue weighted by Gasteiger charge is -2.04. The van der Waals surface area contributed by atoms with Gasteiger partial charge in [0.15, 0.2) is 0 Å². The first-order valence-electron chi connectivity index (χ1n) is 5.13. The number of Topliss-reactive ketones (excluding diaryl/α,β-unsaturated/α-hetero) is 1. The van der Waals surface area contributed by atoms with Crippen molar-refractivity contribution in [2.24, 2.45) is 0 Å². The number of rotatable bonds is 3. The van der Waals surface area contributed by atoms with Crippen molar-refractivity contribution in [3.63, 3.8) is 0 Å². The van der Waals surface area contributed by atoms with Crippen molar-refractivity contribution in [3.05, 3.63) is 29.7 Å². The molecule has 0 aliphatic carbocycles.